The van der Waals surface area contributed by atoms with Gasteiger partial charge in [0.15, 0.2) is 11.5 Å². The quantitative estimate of drug-likeness (QED) is 0.876. The molecule has 1 saturated carbocycles. The Morgan fingerprint density at radius 3 is 2.70 bits per heavy atom. The zero-order valence-corrected chi connectivity index (χ0v) is 12.0. The van der Waals surface area contributed by atoms with Crippen molar-refractivity contribution < 1.29 is 24.2 Å². The molecule has 20 heavy (non-hydrogen) atoms. The highest BCUT2D eigenvalue weighted by Crippen LogP contribution is 2.42. The largest absolute Gasteiger partial charge is 0.486 e. The Balaban J connectivity index is 1.74. The fourth-order valence-electron chi connectivity index (χ4n) is 2.18. The number of benzene rings is 1. The van der Waals surface area contributed by atoms with Crippen molar-refractivity contribution in [1.82, 2.24) is 0 Å². The van der Waals surface area contributed by atoms with Gasteiger partial charge in [-0.25, -0.2) is 0 Å². The molecule has 0 saturated heterocycles. The van der Waals surface area contributed by atoms with Crippen LogP contribution in [0.3, 0.4) is 0 Å². The molecular weight excluding hydrogens is 330 g/mol. The number of carbonyl (C=O) groups is 2. The molecule has 2 aliphatic rings. The van der Waals surface area contributed by atoms with Gasteiger partial charge >= 0.3 is 5.97 Å². The zero-order chi connectivity index (χ0) is 14.3. The maximum Gasteiger partial charge on any atom is 0.307 e. The molecule has 0 aromatic heterocycles. The minimum atomic E-state index is -0.923. The maximum atomic E-state index is 11.9. The number of hydrogen-bond acceptors (Lipinski definition) is 4. The Bertz CT molecular complexity index is 588. The number of carboxylic acids is 1. The number of hydrogen-bond donors (Lipinski definition) is 2. The predicted octanol–water partition coefficient (Wildman–Crippen LogP) is 1.88. The molecule has 1 amide bonds. The molecule has 0 unspecified atom stereocenters. The first-order valence-corrected chi connectivity index (χ1v) is 6.98. The van der Waals surface area contributed by atoms with Crippen LogP contribution in [-0.2, 0) is 9.59 Å². The first kappa shape index (κ1) is 13.2. The second kappa shape index (κ2) is 4.97. The van der Waals surface area contributed by atoms with E-state index in [4.69, 9.17) is 14.6 Å². The first-order chi connectivity index (χ1) is 9.56. The van der Waals surface area contributed by atoms with E-state index < -0.39 is 17.8 Å². The number of nitrogens with one attached hydrogen (secondary N) is 1. The predicted molar refractivity (Wildman–Crippen MR) is 73.0 cm³/mol. The van der Waals surface area contributed by atoms with Gasteiger partial charge in [0, 0.05) is 11.8 Å². The Morgan fingerprint density at radius 2 is 2.00 bits per heavy atom. The van der Waals surface area contributed by atoms with E-state index in [1.807, 2.05) is 0 Å². The lowest BCUT2D eigenvalue weighted by molar-refractivity contribution is -0.139. The van der Waals surface area contributed by atoms with Crippen molar-refractivity contribution in [1.29, 1.82) is 0 Å². The van der Waals surface area contributed by atoms with Gasteiger partial charge in [-0.1, -0.05) is 0 Å². The normalized spacial score (nSPS) is 23.1. The van der Waals surface area contributed by atoms with E-state index in [1.54, 1.807) is 12.1 Å². The minimum absolute atomic E-state index is 0.277. The van der Waals surface area contributed by atoms with Gasteiger partial charge in [-0.05, 0) is 28.4 Å². The van der Waals surface area contributed by atoms with Gasteiger partial charge < -0.3 is 19.9 Å². The molecule has 0 radical (unpaired) electrons. The summed E-state index contributed by atoms with van der Waals surface area (Å²) in [5.41, 5.74) is 0.558. The highest BCUT2D eigenvalue weighted by molar-refractivity contribution is 9.10. The van der Waals surface area contributed by atoms with E-state index >= 15 is 0 Å². The molecule has 1 fully saturated rings. The number of ether oxygens (including phenoxy) is 2. The highest BCUT2D eigenvalue weighted by Gasteiger charge is 2.48. The van der Waals surface area contributed by atoms with E-state index in [1.165, 1.54) is 0 Å². The maximum absolute atomic E-state index is 11.9. The molecule has 106 valence electrons. The molecule has 1 aliphatic carbocycles. The topological polar surface area (TPSA) is 84.9 Å². The molecule has 6 nitrogen and oxygen atoms in total. The second-order valence-electron chi connectivity index (χ2n) is 4.76. The summed E-state index contributed by atoms with van der Waals surface area (Å²) >= 11 is 3.36. The van der Waals surface area contributed by atoms with Crippen LogP contribution in [0.2, 0.25) is 0 Å². The summed E-state index contributed by atoms with van der Waals surface area (Å²) in [6, 6.07) is 3.39. The smallest absolute Gasteiger partial charge is 0.307 e. The van der Waals surface area contributed by atoms with Gasteiger partial charge in [-0.2, -0.15) is 0 Å². The third kappa shape index (κ3) is 2.45. The Morgan fingerprint density at radius 1 is 1.25 bits per heavy atom. The Hall–Kier alpha value is -1.76. The minimum Gasteiger partial charge on any atom is -0.486 e. The third-order valence-corrected chi connectivity index (χ3v) is 3.90. The molecule has 2 atom stereocenters. The van der Waals surface area contributed by atoms with Crippen LogP contribution < -0.4 is 14.8 Å². The van der Waals surface area contributed by atoms with Crippen LogP contribution in [0.5, 0.6) is 11.5 Å². The summed E-state index contributed by atoms with van der Waals surface area (Å²) in [5, 5.41) is 11.5. The number of carboxylic acid groups (broad SMARTS) is 1. The fraction of sp³-hybridized carbons (Fsp3) is 0.385. The number of rotatable bonds is 3. The number of carbonyl (C=O) groups excluding carboxylic acids is 1. The number of anilines is 1. The molecule has 1 aliphatic heterocycles. The van der Waals surface area contributed by atoms with Gasteiger partial charge in [0.25, 0.3) is 0 Å². The zero-order valence-electron chi connectivity index (χ0n) is 10.4. The molecule has 0 spiro atoms. The lowest BCUT2D eigenvalue weighted by Crippen LogP contribution is -2.18. The van der Waals surface area contributed by atoms with Crippen molar-refractivity contribution >= 4 is 33.5 Å². The summed E-state index contributed by atoms with van der Waals surface area (Å²) in [6.45, 7) is 0.945. The van der Waals surface area contributed by atoms with Gasteiger partial charge in [0.2, 0.25) is 5.91 Å². The van der Waals surface area contributed by atoms with Crippen LogP contribution in [0.1, 0.15) is 6.42 Å². The van der Waals surface area contributed by atoms with E-state index in [0.29, 0.717) is 41.3 Å². The molecule has 2 N–H and O–H groups in total. The number of fused-ring (bicyclic) bond motifs is 1. The van der Waals surface area contributed by atoms with Crippen LogP contribution in [0.25, 0.3) is 0 Å². The SMILES string of the molecule is O=C(O)[C@@H]1C[C@H]1C(=O)Nc1cc(Br)c2c(c1)OCCO2. The van der Waals surface area contributed by atoms with E-state index in [0.717, 1.165) is 0 Å². The van der Waals surface area contributed by atoms with Crippen molar-refractivity contribution in [2.45, 2.75) is 6.42 Å². The third-order valence-electron chi connectivity index (χ3n) is 3.31. The van der Waals surface area contributed by atoms with Crippen LogP contribution >= 0.6 is 15.9 Å². The Kier molecular flexibility index (Phi) is 3.29. The molecule has 3 rings (SSSR count). The number of amides is 1. The van der Waals surface area contributed by atoms with Crippen molar-refractivity contribution in [3.63, 3.8) is 0 Å². The lowest BCUT2D eigenvalue weighted by Gasteiger charge is -2.20. The summed E-state index contributed by atoms with van der Waals surface area (Å²) < 4.78 is 11.6. The highest BCUT2D eigenvalue weighted by atomic mass is 79.9. The Labute approximate surface area is 123 Å². The van der Waals surface area contributed by atoms with Crippen LogP contribution in [0.15, 0.2) is 16.6 Å². The first-order valence-electron chi connectivity index (χ1n) is 6.19. The van der Waals surface area contributed by atoms with Crippen molar-refractivity contribution in [2.24, 2.45) is 11.8 Å². The number of halogens is 1. The molecule has 0 bridgehead atoms. The second-order valence-corrected chi connectivity index (χ2v) is 5.61. The lowest BCUT2D eigenvalue weighted by atomic mass is 10.2. The molecule has 7 heteroatoms. The van der Waals surface area contributed by atoms with Gasteiger partial charge in [0.1, 0.15) is 13.2 Å². The van der Waals surface area contributed by atoms with Crippen LogP contribution in [0.4, 0.5) is 5.69 Å². The van der Waals surface area contributed by atoms with E-state index in [9.17, 15) is 9.59 Å². The average molecular weight is 342 g/mol. The summed E-state index contributed by atoms with van der Waals surface area (Å²) in [6.07, 6.45) is 0.396. The van der Waals surface area contributed by atoms with E-state index in [-0.39, 0.29) is 5.91 Å². The van der Waals surface area contributed by atoms with Gasteiger partial charge in [-0.15, -0.1) is 0 Å². The fourth-order valence-corrected chi connectivity index (χ4v) is 2.73. The molecule has 1 aromatic rings. The standard InChI is InChI=1S/C13H12BrNO5/c14-9-3-6(4-10-11(9)20-2-1-19-10)15-12(16)7-5-8(7)13(17)18/h3-4,7-8H,1-2,5H2,(H,15,16)(H,17,18)/t7-,8-/m1/s1. The van der Waals surface area contributed by atoms with Crippen LogP contribution in [0, 0.1) is 11.8 Å². The summed E-state index contributed by atoms with van der Waals surface area (Å²) in [7, 11) is 0. The van der Waals surface area contributed by atoms with Gasteiger partial charge in [0.05, 0.1) is 16.3 Å². The number of aliphatic carboxylic acids is 1. The summed E-state index contributed by atoms with van der Waals surface area (Å²) in [5.74, 6) is -1.03. The monoisotopic (exact) mass is 341 g/mol. The van der Waals surface area contributed by atoms with Gasteiger partial charge in [-0.3, -0.25) is 9.59 Å². The molecule has 1 aromatic carbocycles. The summed E-state index contributed by atoms with van der Waals surface area (Å²) in [4.78, 5) is 22.7. The average Bonchev–Trinajstić information content (AvgIpc) is 3.19. The van der Waals surface area contributed by atoms with Crippen molar-refractivity contribution in [2.75, 3.05) is 18.5 Å². The molecule has 1 heterocycles. The van der Waals surface area contributed by atoms with Crippen molar-refractivity contribution in [3.05, 3.63) is 16.6 Å². The van der Waals surface area contributed by atoms with Crippen LogP contribution in [-0.4, -0.2) is 30.2 Å². The van der Waals surface area contributed by atoms with E-state index in [2.05, 4.69) is 21.2 Å². The molecular formula is C13H12BrNO5. The van der Waals surface area contributed by atoms with Crippen molar-refractivity contribution in [3.8, 4) is 11.5 Å².